The minimum absolute atomic E-state index is 0.717. The molecule has 1 aromatic heterocycles. The number of thioether (sulfide) groups is 1. The zero-order chi connectivity index (χ0) is 15.8. The Labute approximate surface area is 136 Å². The highest BCUT2D eigenvalue weighted by Gasteiger charge is 2.00. The Bertz CT molecular complexity index is 712. The van der Waals surface area contributed by atoms with E-state index in [0.717, 1.165) is 17.0 Å². The fourth-order valence-electron chi connectivity index (χ4n) is 1.92. The van der Waals surface area contributed by atoms with Crippen molar-refractivity contribution in [2.24, 2.45) is 4.99 Å². The molecule has 2 nitrogen and oxygen atoms in total. The first-order valence-corrected chi connectivity index (χ1v) is 8.09. The molecule has 110 valence electrons. The smallest absolute Gasteiger partial charge is 0.0891 e. The van der Waals surface area contributed by atoms with Crippen LogP contribution in [0.15, 0.2) is 77.9 Å². The van der Waals surface area contributed by atoms with Crippen LogP contribution in [0, 0.1) is 0 Å². The second-order valence-corrected chi connectivity index (χ2v) is 5.36. The molecule has 1 aromatic carbocycles. The summed E-state index contributed by atoms with van der Waals surface area (Å²) < 4.78 is 0. The lowest BCUT2D eigenvalue weighted by Gasteiger charge is -2.01. The van der Waals surface area contributed by atoms with Crippen molar-refractivity contribution in [3.8, 4) is 0 Å². The summed E-state index contributed by atoms with van der Waals surface area (Å²) in [4.78, 5) is 9.75. The van der Waals surface area contributed by atoms with E-state index in [9.17, 15) is 0 Å². The van der Waals surface area contributed by atoms with E-state index in [2.05, 4.69) is 65.8 Å². The van der Waals surface area contributed by atoms with E-state index in [1.165, 1.54) is 16.7 Å². The number of hydrogen-bond acceptors (Lipinski definition) is 3. The van der Waals surface area contributed by atoms with Crippen LogP contribution in [0.4, 0.5) is 0 Å². The van der Waals surface area contributed by atoms with Gasteiger partial charge in [-0.1, -0.05) is 37.4 Å². The van der Waals surface area contributed by atoms with Gasteiger partial charge in [0.1, 0.15) is 0 Å². The first-order chi connectivity index (χ1) is 10.8. The molecule has 2 rings (SSSR count). The minimum atomic E-state index is 0.717. The lowest BCUT2D eigenvalue weighted by atomic mass is 10.1. The number of aromatic nitrogens is 1. The van der Waals surface area contributed by atoms with Crippen LogP contribution in [0.1, 0.15) is 16.8 Å². The molecule has 0 aliphatic rings. The van der Waals surface area contributed by atoms with Gasteiger partial charge in [-0.05, 0) is 47.7 Å². The van der Waals surface area contributed by atoms with Gasteiger partial charge in [0, 0.05) is 17.3 Å². The third-order valence-corrected chi connectivity index (χ3v) is 3.80. The molecule has 0 spiro atoms. The maximum absolute atomic E-state index is 4.32. The van der Waals surface area contributed by atoms with Crippen molar-refractivity contribution in [1.29, 1.82) is 0 Å². The molecule has 0 atom stereocenters. The second-order valence-electron chi connectivity index (χ2n) is 4.48. The molecule has 0 unspecified atom stereocenters. The van der Waals surface area contributed by atoms with Gasteiger partial charge in [0.2, 0.25) is 0 Å². The summed E-state index contributed by atoms with van der Waals surface area (Å²) in [6, 6.07) is 12.4. The third-order valence-electron chi connectivity index (χ3n) is 3.05. The van der Waals surface area contributed by atoms with Gasteiger partial charge in [-0.15, -0.1) is 11.8 Å². The maximum atomic E-state index is 4.32. The van der Waals surface area contributed by atoms with Gasteiger partial charge in [0.25, 0.3) is 0 Å². The molecule has 0 aliphatic carbocycles. The lowest BCUT2D eigenvalue weighted by Crippen LogP contribution is -1.99. The number of pyridine rings is 1. The fraction of sp³-hybridized carbons (Fsp3) is 0.0526. The highest BCUT2D eigenvalue weighted by molar-refractivity contribution is 7.98. The van der Waals surface area contributed by atoms with Crippen LogP contribution in [0.2, 0.25) is 0 Å². The average Bonchev–Trinajstić information content (AvgIpc) is 2.58. The number of hydrogen-bond donors (Lipinski definition) is 0. The molecule has 22 heavy (non-hydrogen) atoms. The van der Waals surface area contributed by atoms with E-state index in [1.54, 1.807) is 24.0 Å². The summed E-state index contributed by atoms with van der Waals surface area (Å²) in [5.74, 6) is 0. The number of nitrogens with zero attached hydrogens (tertiary/aromatic N) is 2. The minimum Gasteiger partial charge on any atom is -0.255 e. The summed E-state index contributed by atoms with van der Waals surface area (Å²) in [6.07, 6.45) is 11.2. The zero-order valence-electron chi connectivity index (χ0n) is 12.6. The quantitative estimate of drug-likeness (QED) is 0.548. The van der Waals surface area contributed by atoms with E-state index in [4.69, 9.17) is 0 Å². The Kier molecular flexibility index (Phi) is 5.92. The van der Waals surface area contributed by atoms with Crippen LogP contribution in [-0.4, -0.2) is 17.0 Å². The molecule has 2 aromatic rings. The molecule has 0 amide bonds. The molecular formula is C19H18N2S. The number of rotatable bonds is 6. The standard InChI is InChI=1S/C19H18N2S/c1-4-18(20-5-2)19-14-16(12-13-21-19)7-6-15-8-10-17(22-3)11-9-15/h4-14H,1-2H2,3H3/b7-6-,20-18?. The van der Waals surface area contributed by atoms with E-state index in [-0.39, 0.29) is 0 Å². The van der Waals surface area contributed by atoms with Crippen LogP contribution in [0.5, 0.6) is 0 Å². The van der Waals surface area contributed by atoms with Crippen molar-refractivity contribution in [1.82, 2.24) is 4.98 Å². The number of benzene rings is 1. The largest absolute Gasteiger partial charge is 0.255 e. The molecule has 3 heteroatoms. The summed E-state index contributed by atoms with van der Waals surface area (Å²) in [6.45, 7) is 7.36. The number of allylic oxidation sites excluding steroid dienone is 1. The molecular weight excluding hydrogens is 288 g/mol. The van der Waals surface area contributed by atoms with Gasteiger partial charge in [-0.2, -0.15) is 0 Å². The average molecular weight is 306 g/mol. The summed E-state index contributed by atoms with van der Waals surface area (Å²) >= 11 is 1.74. The van der Waals surface area contributed by atoms with Gasteiger partial charge in [-0.25, -0.2) is 0 Å². The third kappa shape index (κ3) is 4.30. The Morgan fingerprint density at radius 1 is 1.09 bits per heavy atom. The Morgan fingerprint density at radius 2 is 1.82 bits per heavy atom. The SMILES string of the molecule is C=CN=C(C=C)c1cc(/C=C\c2ccc(SC)cc2)ccn1. The Hall–Kier alpha value is -2.39. The second kappa shape index (κ2) is 8.15. The van der Waals surface area contributed by atoms with Crippen LogP contribution in [0.3, 0.4) is 0 Å². The maximum Gasteiger partial charge on any atom is 0.0891 e. The van der Waals surface area contributed by atoms with E-state index >= 15 is 0 Å². The van der Waals surface area contributed by atoms with Gasteiger partial charge < -0.3 is 0 Å². The molecule has 0 radical (unpaired) electrons. The van der Waals surface area contributed by atoms with Gasteiger partial charge in [-0.3, -0.25) is 9.98 Å². The summed E-state index contributed by atoms with van der Waals surface area (Å²) in [5.41, 5.74) is 3.74. The van der Waals surface area contributed by atoms with Crippen LogP contribution in [0.25, 0.3) is 12.2 Å². The lowest BCUT2D eigenvalue weighted by molar-refractivity contribution is 1.28. The van der Waals surface area contributed by atoms with Crippen LogP contribution < -0.4 is 0 Å². The molecule has 0 aliphatic heterocycles. The van der Waals surface area contributed by atoms with Crippen LogP contribution >= 0.6 is 11.8 Å². The molecule has 0 fully saturated rings. The monoisotopic (exact) mass is 306 g/mol. The molecule has 0 N–H and O–H groups in total. The summed E-state index contributed by atoms with van der Waals surface area (Å²) in [5, 5.41) is 0. The Balaban J connectivity index is 2.22. The topological polar surface area (TPSA) is 25.2 Å². The predicted molar refractivity (Wildman–Crippen MR) is 98.3 cm³/mol. The first kappa shape index (κ1) is 16.0. The molecule has 0 bridgehead atoms. The first-order valence-electron chi connectivity index (χ1n) is 6.86. The van der Waals surface area contributed by atoms with E-state index in [1.807, 2.05) is 12.1 Å². The predicted octanol–water partition coefficient (Wildman–Crippen LogP) is 5.09. The van der Waals surface area contributed by atoms with Crippen molar-refractivity contribution in [2.45, 2.75) is 4.90 Å². The van der Waals surface area contributed by atoms with Crippen molar-refractivity contribution < 1.29 is 0 Å². The highest BCUT2D eigenvalue weighted by Crippen LogP contribution is 2.16. The van der Waals surface area contributed by atoms with Gasteiger partial charge in [0.05, 0.1) is 11.4 Å². The molecule has 1 heterocycles. The van der Waals surface area contributed by atoms with Crippen molar-refractivity contribution >= 4 is 29.6 Å². The fourth-order valence-corrected chi connectivity index (χ4v) is 2.33. The molecule has 0 saturated heterocycles. The normalized spacial score (nSPS) is 11.6. The number of aliphatic imine (C=N–C) groups is 1. The van der Waals surface area contributed by atoms with Crippen LogP contribution in [-0.2, 0) is 0 Å². The van der Waals surface area contributed by atoms with Gasteiger partial charge in [0.15, 0.2) is 0 Å². The Morgan fingerprint density at radius 3 is 2.45 bits per heavy atom. The van der Waals surface area contributed by atoms with Crippen molar-refractivity contribution in [2.75, 3.05) is 6.26 Å². The van der Waals surface area contributed by atoms with Crippen molar-refractivity contribution in [3.05, 3.63) is 84.8 Å². The zero-order valence-corrected chi connectivity index (χ0v) is 13.4. The molecule has 0 saturated carbocycles. The van der Waals surface area contributed by atoms with Crippen molar-refractivity contribution in [3.63, 3.8) is 0 Å². The van der Waals surface area contributed by atoms with E-state index < -0.39 is 0 Å². The highest BCUT2D eigenvalue weighted by atomic mass is 32.2. The van der Waals surface area contributed by atoms with E-state index in [0.29, 0.717) is 0 Å². The van der Waals surface area contributed by atoms with Gasteiger partial charge >= 0.3 is 0 Å². The summed E-state index contributed by atoms with van der Waals surface area (Å²) in [7, 11) is 0.